The highest BCUT2D eigenvalue weighted by molar-refractivity contribution is 6.30. The van der Waals surface area contributed by atoms with Gasteiger partial charge in [-0.3, -0.25) is 9.59 Å². The first-order chi connectivity index (χ1) is 12.0. The minimum Gasteiger partial charge on any atom is -0.483 e. The van der Waals surface area contributed by atoms with Crippen LogP contribution >= 0.6 is 11.6 Å². The van der Waals surface area contributed by atoms with Crippen LogP contribution in [-0.4, -0.2) is 27.8 Å². The van der Waals surface area contributed by atoms with Gasteiger partial charge >= 0.3 is 0 Å². The monoisotopic (exact) mass is 358 g/mol. The molecule has 25 heavy (non-hydrogen) atoms. The number of aromatic nitrogens is 2. The van der Waals surface area contributed by atoms with Crippen LogP contribution in [0.1, 0.15) is 16.1 Å². The number of hydrogen-bond acceptors (Lipinski definition) is 4. The number of para-hydroxylation sites is 1. The minimum atomic E-state index is -0.612. The van der Waals surface area contributed by atoms with Crippen LogP contribution in [0, 0.1) is 0 Å². The van der Waals surface area contributed by atoms with E-state index < -0.39 is 5.91 Å². The van der Waals surface area contributed by atoms with Gasteiger partial charge in [0.15, 0.2) is 6.61 Å². The van der Waals surface area contributed by atoms with E-state index in [-0.39, 0.29) is 19.1 Å². The van der Waals surface area contributed by atoms with Gasteiger partial charge in [-0.25, -0.2) is 4.98 Å². The number of amides is 2. The smallest absolute Gasteiger partial charge is 0.255 e. The van der Waals surface area contributed by atoms with Crippen LogP contribution < -0.4 is 15.8 Å². The molecule has 0 bridgehead atoms. The van der Waals surface area contributed by atoms with Gasteiger partial charge in [0, 0.05) is 12.4 Å². The van der Waals surface area contributed by atoms with E-state index in [1.807, 2.05) is 0 Å². The number of imidazole rings is 1. The lowest BCUT2D eigenvalue weighted by Crippen LogP contribution is -2.25. The van der Waals surface area contributed by atoms with Crippen molar-refractivity contribution in [3.63, 3.8) is 0 Å². The zero-order valence-corrected chi connectivity index (χ0v) is 13.9. The number of nitrogens with zero attached hydrogens (tertiary/aromatic N) is 2. The molecule has 8 heteroatoms. The van der Waals surface area contributed by atoms with Crippen LogP contribution in [0.25, 0.3) is 5.65 Å². The molecular formula is C17H15ClN4O3. The van der Waals surface area contributed by atoms with Crippen molar-refractivity contribution < 1.29 is 14.3 Å². The Morgan fingerprint density at radius 2 is 2.00 bits per heavy atom. The van der Waals surface area contributed by atoms with E-state index in [9.17, 15) is 9.59 Å². The van der Waals surface area contributed by atoms with Crippen LogP contribution in [0.15, 0.2) is 48.8 Å². The third-order valence-corrected chi connectivity index (χ3v) is 3.62. The number of primary amides is 1. The Bertz CT molecular complexity index is 939. The molecule has 2 amide bonds. The molecule has 0 aliphatic heterocycles. The van der Waals surface area contributed by atoms with Crippen molar-refractivity contribution in [2.24, 2.45) is 5.73 Å². The lowest BCUT2D eigenvalue weighted by Gasteiger charge is -2.10. The van der Waals surface area contributed by atoms with Crippen molar-refractivity contribution in [2.45, 2.75) is 6.54 Å². The van der Waals surface area contributed by atoms with Crippen LogP contribution in [0.2, 0.25) is 5.02 Å². The number of nitrogens with two attached hydrogens (primary N) is 1. The van der Waals surface area contributed by atoms with Gasteiger partial charge in [0.2, 0.25) is 0 Å². The topological polar surface area (TPSA) is 98.7 Å². The zero-order chi connectivity index (χ0) is 17.8. The molecule has 0 unspecified atom stereocenters. The Morgan fingerprint density at radius 1 is 1.20 bits per heavy atom. The maximum absolute atomic E-state index is 12.4. The van der Waals surface area contributed by atoms with Crippen LogP contribution in [0.5, 0.6) is 5.75 Å². The van der Waals surface area contributed by atoms with Crippen LogP contribution in [0.4, 0.5) is 0 Å². The number of ether oxygens (including phenoxy) is 1. The molecule has 0 spiro atoms. The predicted molar refractivity (Wildman–Crippen MR) is 92.5 cm³/mol. The number of hydrogen-bond donors (Lipinski definition) is 2. The summed E-state index contributed by atoms with van der Waals surface area (Å²) >= 11 is 5.94. The summed E-state index contributed by atoms with van der Waals surface area (Å²) in [5.41, 5.74) is 6.80. The fraction of sp³-hybridized carbons (Fsp3) is 0.118. The number of carbonyl (C=O) groups is 2. The van der Waals surface area contributed by atoms with Gasteiger partial charge in [0.25, 0.3) is 11.8 Å². The predicted octanol–water partition coefficient (Wildman–Crippen LogP) is 1.78. The largest absolute Gasteiger partial charge is 0.483 e. The van der Waals surface area contributed by atoms with Gasteiger partial charge in [-0.1, -0.05) is 23.7 Å². The molecule has 7 nitrogen and oxygen atoms in total. The first-order valence-corrected chi connectivity index (χ1v) is 7.82. The Balaban J connectivity index is 1.70. The highest BCUT2D eigenvalue weighted by atomic mass is 35.5. The van der Waals surface area contributed by atoms with Gasteiger partial charge in [-0.05, 0) is 24.3 Å². The van der Waals surface area contributed by atoms with Gasteiger partial charge in [0.1, 0.15) is 11.4 Å². The molecule has 3 N–H and O–H groups in total. The number of nitrogens with one attached hydrogen (secondary N) is 1. The van der Waals surface area contributed by atoms with Gasteiger partial charge < -0.3 is 20.2 Å². The molecule has 0 saturated carbocycles. The fourth-order valence-electron chi connectivity index (χ4n) is 2.30. The van der Waals surface area contributed by atoms with Gasteiger partial charge in [-0.15, -0.1) is 0 Å². The van der Waals surface area contributed by atoms with E-state index in [1.54, 1.807) is 53.2 Å². The van der Waals surface area contributed by atoms with Crippen LogP contribution in [0.3, 0.4) is 0 Å². The number of pyridine rings is 1. The molecule has 0 aliphatic rings. The average molecular weight is 359 g/mol. The Morgan fingerprint density at radius 3 is 2.80 bits per heavy atom. The van der Waals surface area contributed by atoms with E-state index in [0.29, 0.717) is 22.0 Å². The first-order valence-electron chi connectivity index (χ1n) is 7.44. The van der Waals surface area contributed by atoms with Crippen molar-refractivity contribution in [1.29, 1.82) is 0 Å². The standard InChI is InChI=1S/C17H15ClN4O3/c18-11-5-6-16-21-12(9-22(16)8-11)7-20-17(24)13-3-1-2-4-14(13)25-10-15(19)23/h1-6,8-9H,7,10H2,(H2,19,23)(H,20,24). The lowest BCUT2D eigenvalue weighted by atomic mass is 10.2. The molecule has 0 fully saturated rings. The van der Waals surface area contributed by atoms with Crippen molar-refractivity contribution in [3.05, 3.63) is 65.1 Å². The lowest BCUT2D eigenvalue weighted by molar-refractivity contribution is -0.119. The normalized spacial score (nSPS) is 10.6. The van der Waals surface area contributed by atoms with Crippen LogP contribution in [-0.2, 0) is 11.3 Å². The molecule has 3 aromatic rings. The second-order valence-electron chi connectivity index (χ2n) is 5.28. The summed E-state index contributed by atoms with van der Waals surface area (Å²) in [7, 11) is 0. The maximum atomic E-state index is 12.4. The third kappa shape index (κ3) is 4.07. The molecule has 0 atom stereocenters. The van der Waals surface area contributed by atoms with Gasteiger partial charge in [-0.2, -0.15) is 0 Å². The summed E-state index contributed by atoms with van der Waals surface area (Å²) in [5.74, 6) is -0.658. The summed E-state index contributed by atoms with van der Waals surface area (Å²) in [5, 5.41) is 3.37. The van der Waals surface area contributed by atoms with Crippen molar-refractivity contribution in [1.82, 2.24) is 14.7 Å². The fourth-order valence-corrected chi connectivity index (χ4v) is 2.47. The van der Waals surface area contributed by atoms with Crippen molar-refractivity contribution >= 4 is 29.1 Å². The zero-order valence-electron chi connectivity index (χ0n) is 13.1. The Labute approximate surface area is 148 Å². The molecule has 2 aromatic heterocycles. The second-order valence-corrected chi connectivity index (χ2v) is 5.72. The number of carbonyl (C=O) groups excluding carboxylic acids is 2. The number of fused-ring (bicyclic) bond motifs is 1. The highest BCUT2D eigenvalue weighted by Crippen LogP contribution is 2.18. The molecule has 0 saturated heterocycles. The Hall–Kier alpha value is -3.06. The Kier molecular flexibility index (Phi) is 4.85. The SMILES string of the molecule is NC(=O)COc1ccccc1C(=O)NCc1cn2cc(Cl)ccc2n1. The maximum Gasteiger partial charge on any atom is 0.255 e. The van der Waals surface area contributed by atoms with E-state index in [1.165, 1.54) is 0 Å². The molecule has 3 rings (SSSR count). The molecule has 2 heterocycles. The quantitative estimate of drug-likeness (QED) is 0.701. The molecule has 1 aromatic carbocycles. The molecule has 0 aliphatic carbocycles. The third-order valence-electron chi connectivity index (χ3n) is 3.40. The van der Waals surface area contributed by atoms with E-state index in [2.05, 4.69) is 10.3 Å². The number of halogens is 1. The molecular weight excluding hydrogens is 344 g/mol. The van der Waals surface area contributed by atoms with Crippen molar-refractivity contribution in [2.75, 3.05) is 6.61 Å². The first kappa shape index (κ1) is 16.8. The summed E-state index contributed by atoms with van der Waals surface area (Å²) < 4.78 is 7.05. The number of benzene rings is 1. The van der Waals surface area contributed by atoms with E-state index in [0.717, 1.165) is 5.65 Å². The van der Waals surface area contributed by atoms with Crippen molar-refractivity contribution in [3.8, 4) is 5.75 Å². The summed E-state index contributed by atoms with van der Waals surface area (Å²) in [4.78, 5) is 27.6. The molecule has 128 valence electrons. The molecule has 0 radical (unpaired) electrons. The average Bonchev–Trinajstić information content (AvgIpc) is 3.00. The van der Waals surface area contributed by atoms with Gasteiger partial charge in [0.05, 0.1) is 22.8 Å². The minimum absolute atomic E-state index is 0.238. The van der Waals surface area contributed by atoms with E-state index >= 15 is 0 Å². The summed E-state index contributed by atoms with van der Waals surface area (Å²) in [6.45, 7) is -0.0558. The van der Waals surface area contributed by atoms with E-state index in [4.69, 9.17) is 22.1 Å². The summed E-state index contributed by atoms with van der Waals surface area (Å²) in [6.07, 6.45) is 3.53. The highest BCUT2D eigenvalue weighted by Gasteiger charge is 2.13. The second kappa shape index (κ2) is 7.23. The number of rotatable bonds is 6. The summed E-state index contributed by atoms with van der Waals surface area (Å²) in [6, 6.07) is 10.2.